The van der Waals surface area contributed by atoms with Gasteiger partial charge >= 0.3 is 0 Å². The van der Waals surface area contributed by atoms with Crippen LogP contribution >= 0.6 is 15.9 Å². The van der Waals surface area contributed by atoms with Crippen molar-refractivity contribution in [2.24, 2.45) is 0 Å². The second-order valence-electron chi connectivity index (χ2n) is 7.22. The molecule has 7 heteroatoms. The lowest BCUT2D eigenvalue weighted by atomic mass is 9.90. The molecule has 1 aliphatic heterocycles. The molecule has 0 spiro atoms. The van der Waals surface area contributed by atoms with Crippen LogP contribution in [0.1, 0.15) is 24.5 Å². The molecule has 1 saturated heterocycles. The van der Waals surface area contributed by atoms with Crippen LogP contribution in [-0.4, -0.2) is 29.0 Å². The molecule has 3 rings (SSSR count). The van der Waals surface area contributed by atoms with E-state index in [-0.39, 0.29) is 12.0 Å². The number of para-hydroxylation sites is 1. The fraction of sp³-hybridized carbons (Fsp3) is 0.227. The van der Waals surface area contributed by atoms with E-state index in [0.29, 0.717) is 11.4 Å². The van der Waals surface area contributed by atoms with Gasteiger partial charge in [-0.05, 0) is 56.0 Å². The Morgan fingerprint density at radius 1 is 1.17 bits per heavy atom. The number of nitrogens with one attached hydrogen (secondary N) is 2. The van der Waals surface area contributed by atoms with Crippen LogP contribution in [0, 0.1) is 19.3 Å². The van der Waals surface area contributed by atoms with Gasteiger partial charge in [0.05, 0.1) is 6.42 Å². The highest BCUT2D eigenvalue weighted by Crippen LogP contribution is 2.38. The maximum absolute atomic E-state index is 13.0. The first kappa shape index (κ1) is 20.7. The molecule has 1 fully saturated rings. The summed E-state index contributed by atoms with van der Waals surface area (Å²) < 4.78 is 0.727. The molecule has 1 atom stereocenters. The Labute approximate surface area is 177 Å². The highest BCUT2D eigenvalue weighted by Gasteiger charge is 2.54. The third-order valence-electron chi connectivity index (χ3n) is 5.07. The van der Waals surface area contributed by atoms with Crippen LogP contribution < -0.4 is 10.2 Å². The van der Waals surface area contributed by atoms with Gasteiger partial charge in [0.25, 0.3) is 5.91 Å². The van der Waals surface area contributed by atoms with Crippen molar-refractivity contribution in [3.8, 4) is 0 Å². The lowest BCUT2D eigenvalue weighted by Crippen LogP contribution is -2.49. The first-order chi connectivity index (χ1) is 13.7. The zero-order valence-electron chi connectivity index (χ0n) is 16.3. The number of benzene rings is 2. The van der Waals surface area contributed by atoms with Gasteiger partial charge in [-0.25, -0.2) is 0 Å². The number of rotatable bonds is 4. The summed E-state index contributed by atoms with van der Waals surface area (Å²) in [5.74, 6) is 0.343. The standard InChI is InChI=1S/C22H20BrN3O3/c1-13-6-4-7-14(2)19(13)25-18(27)11-22(3)20(28)17(12-24)21(29)26(22)16-9-5-8-15(23)10-16/h4-10,24H,11H2,1-3H3,(H,25,27). The van der Waals surface area contributed by atoms with Gasteiger partial charge in [-0.3, -0.25) is 24.7 Å². The van der Waals surface area contributed by atoms with Crippen molar-refractivity contribution in [2.75, 3.05) is 10.2 Å². The molecule has 2 N–H and O–H groups in total. The van der Waals surface area contributed by atoms with Crippen molar-refractivity contribution in [1.29, 1.82) is 5.41 Å². The summed E-state index contributed by atoms with van der Waals surface area (Å²) in [5, 5.41) is 10.3. The highest BCUT2D eigenvalue weighted by molar-refractivity contribution is 9.10. The van der Waals surface area contributed by atoms with E-state index in [0.717, 1.165) is 15.6 Å². The Morgan fingerprint density at radius 2 is 1.79 bits per heavy atom. The summed E-state index contributed by atoms with van der Waals surface area (Å²) in [7, 11) is 0. The summed E-state index contributed by atoms with van der Waals surface area (Å²) in [6.07, 6.45) is -0.247. The Kier molecular flexibility index (Phi) is 5.55. The summed E-state index contributed by atoms with van der Waals surface area (Å²) in [5.41, 5.74) is 1.15. The van der Waals surface area contributed by atoms with Crippen LogP contribution in [0.4, 0.5) is 11.4 Å². The van der Waals surface area contributed by atoms with E-state index in [4.69, 9.17) is 5.41 Å². The van der Waals surface area contributed by atoms with Crippen LogP contribution in [0.2, 0.25) is 0 Å². The van der Waals surface area contributed by atoms with E-state index in [1.165, 1.54) is 4.90 Å². The number of halogens is 1. The van der Waals surface area contributed by atoms with Crippen LogP contribution in [0.25, 0.3) is 0 Å². The highest BCUT2D eigenvalue weighted by atomic mass is 79.9. The summed E-state index contributed by atoms with van der Waals surface area (Å²) in [4.78, 5) is 40.0. The normalized spacial score (nSPS) is 18.8. The van der Waals surface area contributed by atoms with E-state index < -0.39 is 23.1 Å². The second kappa shape index (κ2) is 7.78. The van der Waals surface area contributed by atoms with E-state index >= 15 is 0 Å². The van der Waals surface area contributed by atoms with Gasteiger partial charge < -0.3 is 5.32 Å². The molecule has 1 aliphatic rings. The molecule has 29 heavy (non-hydrogen) atoms. The fourth-order valence-electron chi connectivity index (χ4n) is 3.60. The van der Waals surface area contributed by atoms with Gasteiger partial charge in [0.2, 0.25) is 11.7 Å². The Balaban J connectivity index is 1.99. The number of hydrogen-bond donors (Lipinski definition) is 2. The number of carbonyl (C=O) groups is 3. The number of ketones is 1. The number of nitrogens with zero attached hydrogens (tertiary/aromatic N) is 1. The summed E-state index contributed by atoms with van der Waals surface area (Å²) in [6.45, 7) is 5.32. The van der Waals surface area contributed by atoms with Crippen LogP contribution in [0.3, 0.4) is 0 Å². The molecule has 2 amide bonds. The van der Waals surface area contributed by atoms with E-state index in [1.807, 2.05) is 37.9 Å². The quantitative estimate of drug-likeness (QED) is 0.417. The zero-order chi connectivity index (χ0) is 21.3. The summed E-state index contributed by atoms with van der Waals surface area (Å²) >= 11 is 3.36. The number of carbonyl (C=O) groups excluding carboxylic acids is 3. The average molecular weight is 454 g/mol. The first-order valence-electron chi connectivity index (χ1n) is 8.99. The largest absolute Gasteiger partial charge is 0.326 e. The molecule has 2 aromatic carbocycles. The van der Waals surface area contributed by atoms with Crippen LogP contribution in [0.15, 0.2) is 52.5 Å². The second-order valence-corrected chi connectivity index (χ2v) is 8.13. The maximum Gasteiger partial charge on any atom is 0.272 e. The number of hydrogen-bond acceptors (Lipinski definition) is 4. The molecule has 6 nitrogen and oxygen atoms in total. The van der Waals surface area contributed by atoms with Crippen molar-refractivity contribution in [2.45, 2.75) is 32.7 Å². The van der Waals surface area contributed by atoms with Gasteiger partial charge in [-0.15, -0.1) is 0 Å². The SMILES string of the molecule is Cc1cccc(C)c1NC(=O)CC1(C)C(=O)C(=C=N)C(=O)N1c1cccc(Br)c1. The molecule has 1 heterocycles. The van der Waals surface area contributed by atoms with Crippen molar-refractivity contribution in [3.05, 3.63) is 63.6 Å². The van der Waals surface area contributed by atoms with Gasteiger partial charge in [-0.1, -0.05) is 40.2 Å². The van der Waals surface area contributed by atoms with E-state index in [2.05, 4.69) is 21.2 Å². The maximum atomic E-state index is 13.0. The molecule has 0 bridgehead atoms. The van der Waals surface area contributed by atoms with E-state index in [1.54, 1.807) is 31.2 Å². The third kappa shape index (κ3) is 3.67. The van der Waals surface area contributed by atoms with E-state index in [9.17, 15) is 14.4 Å². The molecule has 0 radical (unpaired) electrons. The predicted molar refractivity (Wildman–Crippen MR) is 115 cm³/mol. The first-order valence-corrected chi connectivity index (χ1v) is 9.79. The predicted octanol–water partition coefficient (Wildman–Crippen LogP) is 3.94. The summed E-state index contributed by atoms with van der Waals surface area (Å²) in [6, 6.07) is 12.6. The molecule has 148 valence electrons. The van der Waals surface area contributed by atoms with Crippen LogP contribution in [-0.2, 0) is 14.4 Å². The van der Waals surface area contributed by atoms with Crippen molar-refractivity contribution in [1.82, 2.24) is 0 Å². The molecule has 0 aliphatic carbocycles. The van der Waals surface area contributed by atoms with Crippen molar-refractivity contribution < 1.29 is 14.4 Å². The van der Waals surface area contributed by atoms with Crippen molar-refractivity contribution in [3.63, 3.8) is 0 Å². The smallest absolute Gasteiger partial charge is 0.272 e. The average Bonchev–Trinajstić information content (AvgIpc) is 2.83. The minimum Gasteiger partial charge on any atom is -0.326 e. The molecular weight excluding hydrogens is 434 g/mol. The fourth-order valence-corrected chi connectivity index (χ4v) is 3.99. The number of aryl methyl sites for hydroxylation is 2. The molecular formula is C22H20BrN3O3. The molecule has 0 saturated carbocycles. The van der Waals surface area contributed by atoms with Gasteiger partial charge in [-0.2, -0.15) is 0 Å². The van der Waals surface area contributed by atoms with Gasteiger partial charge in [0.15, 0.2) is 0 Å². The monoisotopic (exact) mass is 453 g/mol. The minimum absolute atomic E-state index is 0.247. The molecule has 2 aromatic rings. The Morgan fingerprint density at radius 3 is 2.38 bits per heavy atom. The Hall–Kier alpha value is -3.02. The van der Waals surface area contributed by atoms with Gasteiger partial charge in [0.1, 0.15) is 11.1 Å². The van der Waals surface area contributed by atoms with Crippen LogP contribution in [0.5, 0.6) is 0 Å². The lowest BCUT2D eigenvalue weighted by molar-refractivity contribution is -0.124. The lowest BCUT2D eigenvalue weighted by Gasteiger charge is -2.33. The molecule has 0 aromatic heterocycles. The number of anilines is 2. The third-order valence-corrected chi connectivity index (χ3v) is 5.56. The topological polar surface area (TPSA) is 90.3 Å². The van der Waals surface area contributed by atoms with Crippen molar-refractivity contribution >= 4 is 50.8 Å². The number of amides is 2. The Bertz CT molecular complexity index is 1070. The molecule has 1 unspecified atom stereocenters. The minimum atomic E-state index is -1.46. The number of Topliss-reactive ketones (excluding diaryl/α,β-unsaturated/α-hetero) is 1. The van der Waals surface area contributed by atoms with Gasteiger partial charge in [0, 0.05) is 15.8 Å². The zero-order valence-corrected chi connectivity index (χ0v) is 17.9.